The molecule has 8 heteroatoms. The lowest BCUT2D eigenvalue weighted by Crippen LogP contribution is -2.55. The van der Waals surface area contributed by atoms with E-state index in [1.165, 1.54) is 4.90 Å². The third-order valence-electron chi connectivity index (χ3n) is 6.29. The summed E-state index contributed by atoms with van der Waals surface area (Å²) in [5.41, 5.74) is 2.73. The van der Waals surface area contributed by atoms with Crippen LogP contribution in [0, 0.1) is 13.8 Å². The molecule has 0 bridgehead atoms. The zero-order chi connectivity index (χ0) is 21.3. The molecular weight excluding hydrogens is 384 g/mol. The molecule has 30 heavy (non-hydrogen) atoms. The maximum Gasteiger partial charge on any atom is 0.251 e. The highest BCUT2D eigenvalue weighted by atomic mass is 16.5. The third kappa shape index (κ3) is 4.26. The van der Waals surface area contributed by atoms with E-state index < -0.39 is 6.04 Å². The number of nitrogens with zero attached hydrogens (tertiary/aromatic N) is 4. The second-order valence-electron chi connectivity index (χ2n) is 8.38. The minimum atomic E-state index is -0.407. The Morgan fingerprint density at radius 3 is 2.40 bits per heavy atom. The van der Waals surface area contributed by atoms with E-state index in [1.54, 1.807) is 0 Å². The molecule has 0 radical (unpaired) electrons. The van der Waals surface area contributed by atoms with Gasteiger partial charge < -0.3 is 9.64 Å². The molecule has 3 aliphatic rings. The maximum atomic E-state index is 13.1. The van der Waals surface area contributed by atoms with Gasteiger partial charge in [0.1, 0.15) is 0 Å². The minimum Gasteiger partial charge on any atom is -0.378 e. The van der Waals surface area contributed by atoms with Gasteiger partial charge in [-0.3, -0.25) is 24.2 Å². The van der Waals surface area contributed by atoms with Gasteiger partial charge in [-0.25, -0.2) is 4.90 Å². The number of ether oxygens (including phenoxy) is 1. The fourth-order valence-electron chi connectivity index (χ4n) is 4.55. The predicted molar refractivity (Wildman–Crippen MR) is 112 cm³/mol. The Balaban J connectivity index is 1.34. The number of hydrogen-bond donors (Lipinski definition) is 0. The van der Waals surface area contributed by atoms with E-state index >= 15 is 0 Å². The predicted octanol–water partition coefficient (Wildman–Crippen LogP) is 0.412. The lowest BCUT2D eigenvalue weighted by Gasteiger charge is -2.37. The van der Waals surface area contributed by atoms with E-state index in [2.05, 4.69) is 9.80 Å². The molecule has 1 atom stereocenters. The van der Waals surface area contributed by atoms with Gasteiger partial charge in [0.25, 0.3) is 5.91 Å². The summed E-state index contributed by atoms with van der Waals surface area (Å²) in [5.74, 6) is -0.133. The lowest BCUT2D eigenvalue weighted by atomic mass is 10.1. The summed E-state index contributed by atoms with van der Waals surface area (Å²) < 4.78 is 5.31. The molecule has 0 aliphatic carbocycles. The van der Waals surface area contributed by atoms with E-state index in [0.29, 0.717) is 51.6 Å². The summed E-state index contributed by atoms with van der Waals surface area (Å²) in [6.45, 7) is 9.66. The van der Waals surface area contributed by atoms with E-state index in [4.69, 9.17) is 4.74 Å². The molecule has 3 saturated heterocycles. The summed E-state index contributed by atoms with van der Waals surface area (Å²) in [4.78, 5) is 45.7. The summed E-state index contributed by atoms with van der Waals surface area (Å²) in [6, 6.07) is 5.38. The second kappa shape index (κ2) is 8.83. The maximum absolute atomic E-state index is 13.1. The Morgan fingerprint density at radius 2 is 1.73 bits per heavy atom. The van der Waals surface area contributed by atoms with Gasteiger partial charge >= 0.3 is 0 Å². The number of hydrogen-bond acceptors (Lipinski definition) is 6. The zero-order valence-corrected chi connectivity index (χ0v) is 17.8. The highest BCUT2D eigenvalue weighted by molar-refractivity contribution is 6.22. The average molecular weight is 415 g/mol. The van der Waals surface area contributed by atoms with E-state index in [1.807, 2.05) is 36.9 Å². The van der Waals surface area contributed by atoms with Crippen LogP contribution >= 0.6 is 0 Å². The average Bonchev–Trinajstić information content (AvgIpc) is 3.03. The molecular formula is C22H30N4O4. The molecule has 0 saturated carbocycles. The largest absolute Gasteiger partial charge is 0.378 e. The fourth-order valence-corrected chi connectivity index (χ4v) is 4.55. The number of anilines is 1. The SMILES string of the molecule is Cc1ccc(N2C(=O)C[C@H](N3CCN(CC(=O)N4CCOCC4)CC3)C2=O)c(C)c1. The molecule has 3 amide bonds. The van der Waals surface area contributed by atoms with Crippen molar-refractivity contribution in [2.45, 2.75) is 26.3 Å². The molecule has 162 valence electrons. The lowest BCUT2D eigenvalue weighted by molar-refractivity contribution is -0.137. The molecule has 4 rings (SSSR count). The van der Waals surface area contributed by atoms with Gasteiger partial charge in [0.2, 0.25) is 11.8 Å². The smallest absolute Gasteiger partial charge is 0.251 e. The molecule has 8 nitrogen and oxygen atoms in total. The van der Waals surface area contributed by atoms with Crippen LogP contribution < -0.4 is 4.90 Å². The minimum absolute atomic E-state index is 0.134. The first-order chi connectivity index (χ1) is 14.4. The van der Waals surface area contributed by atoms with Gasteiger partial charge in [0, 0.05) is 39.3 Å². The molecule has 0 aromatic heterocycles. The van der Waals surface area contributed by atoms with Crippen molar-refractivity contribution in [3.8, 4) is 0 Å². The van der Waals surface area contributed by atoms with Crippen molar-refractivity contribution >= 4 is 23.4 Å². The fraction of sp³-hybridized carbons (Fsp3) is 0.591. The van der Waals surface area contributed by atoms with Crippen LogP contribution in [0.5, 0.6) is 0 Å². The molecule has 3 aliphatic heterocycles. The van der Waals surface area contributed by atoms with Crippen molar-refractivity contribution in [3.63, 3.8) is 0 Å². The molecule has 0 spiro atoms. The second-order valence-corrected chi connectivity index (χ2v) is 8.38. The van der Waals surface area contributed by atoms with Crippen molar-refractivity contribution in [2.75, 3.05) is 63.9 Å². The topological polar surface area (TPSA) is 73.4 Å². The van der Waals surface area contributed by atoms with Crippen LogP contribution in [0.2, 0.25) is 0 Å². The van der Waals surface area contributed by atoms with Gasteiger partial charge in [-0.2, -0.15) is 0 Å². The number of rotatable bonds is 4. The number of aryl methyl sites for hydroxylation is 2. The first-order valence-corrected chi connectivity index (χ1v) is 10.7. The van der Waals surface area contributed by atoms with Crippen LogP contribution in [-0.4, -0.2) is 97.5 Å². The van der Waals surface area contributed by atoms with Gasteiger partial charge in [-0.1, -0.05) is 17.7 Å². The highest BCUT2D eigenvalue weighted by Crippen LogP contribution is 2.29. The Hall–Kier alpha value is -2.29. The number of carbonyl (C=O) groups is 3. The number of carbonyl (C=O) groups excluding carboxylic acids is 3. The Kier molecular flexibility index (Phi) is 6.17. The van der Waals surface area contributed by atoms with Crippen molar-refractivity contribution in [3.05, 3.63) is 29.3 Å². The molecule has 3 heterocycles. The summed E-state index contributed by atoms with van der Waals surface area (Å²) in [7, 11) is 0. The molecule has 0 unspecified atom stereocenters. The Bertz CT molecular complexity index is 828. The van der Waals surface area contributed by atoms with Gasteiger partial charge in [-0.05, 0) is 25.5 Å². The normalized spacial score (nSPS) is 24.0. The highest BCUT2D eigenvalue weighted by Gasteiger charge is 2.43. The number of imide groups is 1. The quantitative estimate of drug-likeness (QED) is 0.665. The molecule has 3 fully saturated rings. The van der Waals surface area contributed by atoms with Gasteiger partial charge in [-0.15, -0.1) is 0 Å². The summed E-state index contributed by atoms with van der Waals surface area (Å²) in [6.07, 6.45) is 0.221. The first kappa shape index (κ1) is 21.0. The zero-order valence-electron chi connectivity index (χ0n) is 17.8. The standard InChI is InChI=1S/C22H30N4O4/c1-16-3-4-18(17(2)13-16)26-20(27)14-19(22(26)29)24-7-5-23(6-8-24)15-21(28)25-9-11-30-12-10-25/h3-4,13,19H,5-12,14-15H2,1-2H3/t19-/m0/s1. The monoisotopic (exact) mass is 414 g/mol. The van der Waals surface area contributed by atoms with Crippen molar-refractivity contribution in [1.82, 2.24) is 14.7 Å². The van der Waals surface area contributed by atoms with Crippen LogP contribution in [0.25, 0.3) is 0 Å². The van der Waals surface area contributed by atoms with E-state index in [9.17, 15) is 14.4 Å². The molecule has 1 aromatic rings. The molecule has 0 N–H and O–H groups in total. The third-order valence-corrected chi connectivity index (χ3v) is 6.29. The van der Waals surface area contributed by atoms with Crippen molar-refractivity contribution < 1.29 is 19.1 Å². The van der Waals surface area contributed by atoms with Crippen LogP contribution in [0.1, 0.15) is 17.5 Å². The van der Waals surface area contributed by atoms with Crippen LogP contribution in [-0.2, 0) is 19.1 Å². The Labute approximate surface area is 177 Å². The number of piperazine rings is 1. The van der Waals surface area contributed by atoms with Crippen LogP contribution in [0.3, 0.4) is 0 Å². The van der Waals surface area contributed by atoms with Gasteiger partial charge in [0.05, 0.1) is 37.9 Å². The van der Waals surface area contributed by atoms with E-state index in [-0.39, 0.29) is 24.1 Å². The van der Waals surface area contributed by atoms with Crippen LogP contribution in [0.15, 0.2) is 18.2 Å². The van der Waals surface area contributed by atoms with Gasteiger partial charge in [0.15, 0.2) is 0 Å². The van der Waals surface area contributed by atoms with Crippen molar-refractivity contribution in [1.29, 1.82) is 0 Å². The Morgan fingerprint density at radius 1 is 1.03 bits per heavy atom. The number of amides is 3. The molecule has 1 aromatic carbocycles. The number of morpholine rings is 1. The summed E-state index contributed by atoms with van der Waals surface area (Å²) >= 11 is 0. The summed E-state index contributed by atoms with van der Waals surface area (Å²) in [5, 5.41) is 0. The number of benzene rings is 1. The van der Waals surface area contributed by atoms with Crippen LogP contribution in [0.4, 0.5) is 5.69 Å². The van der Waals surface area contributed by atoms with E-state index in [0.717, 1.165) is 24.2 Å². The van der Waals surface area contributed by atoms with Crippen molar-refractivity contribution in [2.24, 2.45) is 0 Å². The first-order valence-electron chi connectivity index (χ1n) is 10.7.